The third kappa shape index (κ3) is 5.70. The molecule has 40 heavy (non-hydrogen) atoms. The molecule has 9 nitrogen and oxygen atoms in total. The molecule has 5 rings (SSSR count). The van der Waals surface area contributed by atoms with Crippen LogP contribution in [0.5, 0.6) is 0 Å². The first-order valence-electron chi connectivity index (χ1n) is 13.6. The van der Waals surface area contributed by atoms with Crippen LogP contribution in [-0.2, 0) is 17.1 Å². The second kappa shape index (κ2) is 11.2. The van der Waals surface area contributed by atoms with Crippen LogP contribution in [0.25, 0.3) is 0 Å². The summed E-state index contributed by atoms with van der Waals surface area (Å²) >= 11 is 0. The summed E-state index contributed by atoms with van der Waals surface area (Å²) in [6.07, 6.45) is 0.701. The highest BCUT2D eigenvalue weighted by atomic mass is 32.2. The van der Waals surface area contributed by atoms with Crippen molar-refractivity contribution in [3.8, 4) is 0 Å². The van der Waals surface area contributed by atoms with Crippen molar-refractivity contribution in [3.05, 3.63) is 88.6 Å². The fraction of sp³-hybridized carbons (Fsp3) is 0.400. The smallest absolute Gasteiger partial charge is 0.268 e. The van der Waals surface area contributed by atoms with Crippen LogP contribution in [0.4, 0.5) is 0 Å². The van der Waals surface area contributed by atoms with E-state index in [1.54, 1.807) is 0 Å². The van der Waals surface area contributed by atoms with Crippen molar-refractivity contribution >= 4 is 21.8 Å². The van der Waals surface area contributed by atoms with Gasteiger partial charge in [-0.25, -0.2) is 13.6 Å². The van der Waals surface area contributed by atoms with Gasteiger partial charge in [0.1, 0.15) is 5.69 Å². The van der Waals surface area contributed by atoms with Gasteiger partial charge in [-0.2, -0.15) is 0 Å². The van der Waals surface area contributed by atoms with E-state index in [1.165, 1.54) is 23.7 Å². The van der Waals surface area contributed by atoms with Gasteiger partial charge in [0.15, 0.2) is 5.03 Å². The number of primary sulfonamides is 1. The Bertz CT molecular complexity index is 1480. The molecule has 2 aliphatic rings. The van der Waals surface area contributed by atoms with Crippen LogP contribution in [-0.4, -0.2) is 67.3 Å². The highest BCUT2D eigenvalue weighted by molar-refractivity contribution is 7.89. The SMILES string of the molecule is Cc1cccc(C)c1C(=O)N1CC2CN(CC[C@H](NC(=O)c3ccc(S(N)(=O)=O)n3C)c3ccccc3)CC2C1. The topological polar surface area (TPSA) is 118 Å². The number of nitrogens with one attached hydrogen (secondary N) is 1. The quantitative estimate of drug-likeness (QED) is 0.437. The Hall–Kier alpha value is -3.47. The zero-order valence-electron chi connectivity index (χ0n) is 23.2. The molecule has 3 atom stereocenters. The Morgan fingerprint density at radius 2 is 1.55 bits per heavy atom. The average Bonchev–Trinajstić information content (AvgIpc) is 3.59. The molecule has 0 radical (unpaired) electrons. The van der Waals surface area contributed by atoms with Gasteiger partial charge in [-0.1, -0.05) is 48.5 Å². The maximum Gasteiger partial charge on any atom is 0.268 e. The van der Waals surface area contributed by atoms with Gasteiger partial charge in [-0.15, -0.1) is 0 Å². The van der Waals surface area contributed by atoms with E-state index in [1.807, 2.05) is 67.3 Å². The molecule has 2 fully saturated rings. The number of carbonyl (C=O) groups excluding carboxylic acids is 2. The first-order chi connectivity index (χ1) is 19.0. The van der Waals surface area contributed by atoms with E-state index in [9.17, 15) is 18.0 Å². The Morgan fingerprint density at radius 1 is 0.925 bits per heavy atom. The van der Waals surface area contributed by atoms with E-state index < -0.39 is 10.0 Å². The number of aromatic nitrogens is 1. The molecule has 10 heteroatoms. The Labute approximate surface area is 236 Å². The lowest BCUT2D eigenvalue weighted by atomic mass is 10.0. The zero-order valence-corrected chi connectivity index (χ0v) is 24.0. The fourth-order valence-electron chi connectivity index (χ4n) is 6.31. The zero-order chi connectivity index (χ0) is 28.6. The molecule has 3 heterocycles. The number of carbonyl (C=O) groups is 2. The van der Waals surface area contributed by atoms with Gasteiger partial charge >= 0.3 is 0 Å². The lowest BCUT2D eigenvalue weighted by Crippen LogP contribution is -2.36. The van der Waals surface area contributed by atoms with Gasteiger partial charge in [-0.05, 0) is 60.9 Å². The summed E-state index contributed by atoms with van der Waals surface area (Å²) in [6, 6.07) is 18.4. The maximum atomic E-state index is 13.3. The fourth-order valence-corrected chi connectivity index (χ4v) is 7.04. The Morgan fingerprint density at radius 3 is 2.12 bits per heavy atom. The van der Waals surface area contributed by atoms with Crippen LogP contribution < -0.4 is 10.5 Å². The molecule has 2 amide bonds. The second-order valence-corrected chi connectivity index (χ2v) is 12.7. The van der Waals surface area contributed by atoms with Gasteiger partial charge in [0.25, 0.3) is 21.8 Å². The number of rotatable bonds is 8. The number of sulfonamides is 1. The van der Waals surface area contributed by atoms with Crippen molar-refractivity contribution in [3.63, 3.8) is 0 Å². The van der Waals surface area contributed by atoms with Gasteiger partial charge < -0.3 is 19.7 Å². The number of nitrogens with two attached hydrogens (primary N) is 1. The molecule has 0 saturated carbocycles. The number of nitrogens with zero attached hydrogens (tertiary/aromatic N) is 3. The van der Waals surface area contributed by atoms with E-state index in [2.05, 4.69) is 10.2 Å². The van der Waals surface area contributed by atoms with E-state index in [-0.39, 0.29) is 28.6 Å². The van der Waals surface area contributed by atoms with Crippen molar-refractivity contribution < 1.29 is 18.0 Å². The largest absolute Gasteiger partial charge is 0.344 e. The third-order valence-corrected chi connectivity index (χ3v) is 9.38. The standard InChI is InChI=1S/C30H37N5O4S/c1-20-8-7-9-21(2)28(20)30(37)35-18-23-16-34(17-24(23)19-35)15-14-25(22-10-5-4-6-11-22)32-29(36)26-12-13-27(33(26)3)40(31,38)39/h4-13,23-25H,14-19H2,1-3H3,(H,32,36)(H2,31,38,39)/t23?,24?,25-/m0/s1. The molecule has 2 aromatic carbocycles. The van der Waals surface area contributed by atoms with E-state index in [4.69, 9.17) is 5.14 Å². The summed E-state index contributed by atoms with van der Waals surface area (Å²) in [7, 11) is -2.42. The lowest BCUT2D eigenvalue weighted by molar-refractivity contribution is 0.0772. The van der Waals surface area contributed by atoms with Crippen LogP contribution in [0.15, 0.2) is 65.7 Å². The summed E-state index contributed by atoms with van der Waals surface area (Å²) in [4.78, 5) is 30.9. The van der Waals surface area contributed by atoms with E-state index in [0.29, 0.717) is 18.3 Å². The average molecular weight is 564 g/mol. The number of hydrogen-bond donors (Lipinski definition) is 2. The van der Waals surface area contributed by atoms with Crippen molar-refractivity contribution in [2.24, 2.45) is 24.0 Å². The first-order valence-corrected chi connectivity index (χ1v) is 15.2. The van der Waals surface area contributed by atoms with Crippen LogP contribution in [0, 0.1) is 25.7 Å². The predicted octanol–water partition coefficient (Wildman–Crippen LogP) is 2.85. The molecule has 2 aliphatic heterocycles. The Kier molecular flexibility index (Phi) is 7.85. The molecular weight excluding hydrogens is 526 g/mol. The summed E-state index contributed by atoms with van der Waals surface area (Å²) in [6.45, 7) is 8.18. The highest BCUT2D eigenvalue weighted by Crippen LogP contribution is 2.33. The van der Waals surface area contributed by atoms with Crippen molar-refractivity contribution in [2.75, 3.05) is 32.7 Å². The summed E-state index contributed by atoms with van der Waals surface area (Å²) < 4.78 is 25.0. The summed E-state index contributed by atoms with van der Waals surface area (Å²) in [5.41, 5.74) is 4.09. The maximum absolute atomic E-state index is 13.3. The summed E-state index contributed by atoms with van der Waals surface area (Å²) in [5.74, 6) is 0.663. The van der Waals surface area contributed by atoms with Crippen LogP contribution in [0.2, 0.25) is 0 Å². The number of likely N-dealkylation sites (tertiary alicyclic amines) is 2. The van der Waals surface area contributed by atoms with E-state index >= 15 is 0 Å². The molecular formula is C30H37N5O4S. The van der Waals surface area contributed by atoms with Gasteiger partial charge in [0.05, 0.1) is 6.04 Å². The number of aryl methyl sites for hydroxylation is 2. The molecule has 0 spiro atoms. The highest BCUT2D eigenvalue weighted by Gasteiger charge is 2.42. The van der Waals surface area contributed by atoms with Gasteiger partial charge in [0, 0.05) is 45.3 Å². The molecule has 0 bridgehead atoms. The first kappa shape index (κ1) is 28.1. The molecule has 2 saturated heterocycles. The second-order valence-electron chi connectivity index (χ2n) is 11.1. The molecule has 2 unspecified atom stereocenters. The molecule has 0 aliphatic carbocycles. The molecule has 212 valence electrons. The summed E-state index contributed by atoms with van der Waals surface area (Å²) in [5, 5.41) is 8.28. The molecule has 3 aromatic rings. The monoisotopic (exact) mass is 563 g/mol. The Balaban J connectivity index is 1.22. The van der Waals surface area contributed by atoms with Crippen LogP contribution in [0.1, 0.15) is 50.0 Å². The minimum absolute atomic E-state index is 0.109. The predicted molar refractivity (Wildman–Crippen MR) is 153 cm³/mol. The number of fused-ring (bicyclic) bond motifs is 1. The normalized spacial score (nSPS) is 19.9. The van der Waals surface area contributed by atoms with Crippen molar-refractivity contribution in [1.82, 2.24) is 19.7 Å². The van der Waals surface area contributed by atoms with E-state index in [0.717, 1.165) is 55.0 Å². The molecule has 3 N–H and O–H groups in total. The van der Waals surface area contributed by atoms with Gasteiger partial charge in [-0.3, -0.25) is 9.59 Å². The van der Waals surface area contributed by atoms with Crippen LogP contribution in [0.3, 0.4) is 0 Å². The third-order valence-electron chi connectivity index (χ3n) is 8.39. The molecule has 1 aromatic heterocycles. The van der Waals surface area contributed by atoms with Crippen molar-refractivity contribution in [1.29, 1.82) is 0 Å². The number of amides is 2. The minimum Gasteiger partial charge on any atom is -0.344 e. The number of hydrogen-bond acceptors (Lipinski definition) is 5. The van der Waals surface area contributed by atoms with Gasteiger partial charge in [0.2, 0.25) is 0 Å². The van der Waals surface area contributed by atoms with Crippen molar-refractivity contribution in [2.45, 2.75) is 31.3 Å². The van der Waals surface area contributed by atoms with Crippen LogP contribution >= 0.6 is 0 Å². The number of benzene rings is 2. The lowest BCUT2D eigenvalue weighted by Gasteiger charge is -2.25. The minimum atomic E-state index is -3.93.